The molecule has 0 heterocycles. The van der Waals surface area contributed by atoms with Gasteiger partial charge in [-0.1, -0.05) is 29.8 Å². The van der Waals surface area contributed by atoms with Gasteiger partial charge in [0.2, 0.25) is 0 Å². The van der Waals surface area contributed by atoms with Crippen molar-refractivity contribution < 1.29 is 0 Å². The summed E-state index contributed by atoms with van der Waals surface area (Å²) in [7, 11) is 0. The second-order valence-corrected chi connectivity index (χ2v) is 3.39. The van der Waals surface area contributed by atoms with Crippen molar-refractivity contribution in [3.63, 3.8) is 0 Å². The van der Waals surface area contributed by atoms with Crippen LogP contribution in [0.4, 0.5) is 0 Å². The highest BCUT2D eigenvalue weighted by Crippen LogP contribution is 2.13. The fraction of sp³-hybridized carbons (Fsp3) is 0.300. The Kier molecular flexibility index (Phi) is 3.77. The van der Waals surface area contributed by atoms with E-state index in [1.807, 2.05) is 38.1 Å². The van der Waals surface area contributed by atoms with Gasteiger partial charge in [0.1, 0.15) is 0 Å². The van der Waals surface area contributed by atoms with Crippen LogP contribution in [0.1, 0.15) is 19.4 Å². The van der Waals surface area contributed by atoms with E-state index in [1.54, 1.807) is 0 Å². The lowest BCUT2D eigenvalue weighted by Gasteiger charge is -2.03. The van der Waals surface area contributed by atoms with Crippen LogP contribution in [0.25, 0.3) is 0 Å². The van der Waals surface area contributed by atoms with Gasteiger partial charge in [-0.2, -0.15) is 5.10 Å². The van der Waals surface area contributed by atoms with Crippen molar-refractivity contribution in [1.82, 2.24) is 5.43 Å². The summed E-state index contributed by atoms with van der Waals surface area (Å²) in [4.78, 5) is 0. The smallest absolute Gasteiger partial charge is 0.0594 e. The fourth-order valence-corrected chi connectivity index (χ4v) is 1.13. The van der Waals surface area contributed by atoms with E-state index in [0.29, 0.717) is 6.54 Å². The van der Waals surface area contributed by atoms with Crippen molar-refractivity contribution in [2.45, 2.75) is 20.4 Å². The van der Waals surface area contributed by atoms with E-state index >= 15 is 0 Å². The first-order valence-electron chi connectivity index (χ1n) is 4.17. The van der Waals surface area contributed by atoms with Crippen molar-refractivity contribution >= 4 is 17.3 Å². The number of nitrogens with one attached hydrogen (secondary N) is 1. The van der Waals surface area contributed by atoms with Crippen LogP contribution in [0.5, 0.6) is 0 Å². The lowest BCUT2D eigenvalue weighted by molar-refractivity contribution is 0.743. The Balaban J connectivity index is 2.55. The quantitative estimate of drug-likeness (QED) is 0.584. The Hall–Kier alpha value is -1.02. The Morgan fingerprint density at radius 1 is 1.38 bits per heavy atom. The van der Waals surface area contributed by atoms with Crippen molar-refractivity contribution in [2.24, 2.45) is 5.10 Å². The molecule has 0 saturated heterocycles. The maximum absolute atomic E-state index is 5.95. The molecular weight excluding hydrogens is 184 g/mol. The number of rotatable bonds is 3. The van der Waals surface area contributed by atoms with Gasteiger partial charge in [0.05, 0.1) is 6.54 Å². The fourth-order valence-electron chi connectivity index (χ4n) is 0.925. The molecule has 2 nitrogen and oxygen atoms in total. The molecule has 0 fully saturated rings. The van der Waals surface area contributed by atoms with Gasteiger partial charge in [-0.25, -0.2) is 0 Å². The molecule has 70 valence electrons. The normalized spacial score (nSPS) is 9.46. The van der Waals surface area contributed by atoms with E-state index in [9.17, 15) is 0 Å². The number of halogens is 1. The molecule has 0 amide bonds. The van der Waals surface area contributed by atoms with E-state index in [-0.39, 0.29) is 0 Å². The summed E-state index contributed by atoms with van der Waals surface area (Å²) in [5.74, 6) is 0. The van der Waals surface area contributed by atoms with E-state index < -0.39 is 0 Å². The van der Waals surface area contributed by atoms with Crippen LogP contribution in [0.2, 0.25) is 5.02 Å². The van der Waals surface area contributed by atoms with Crippen LogP contribution in [-0.4, -0.2) is 5.71 Å². The molecule has 0 radical (unpaired) electrons. The van der Waals surface area contributed by atoms with E-state index in [2.05, 4.69) is 10.5 Å². The average molecular weight is 197 g/mol. The number of hydrogen-bond acceptors (Lipinski definition) is 2. The molecule has 0 unspecified atom stereocenters. The predicted molar refractivity (Wildman–Crippen MR) is 57.1 cm³/mol. The molecule has 1 aromatic carbocycles. The third-order valence-electron chi connectivity index (χ3n) is 1.53. The van der Waals surface area contributed by atoms with E-state index in [0.717, 1.165) is 16.3 Å². The third kappa shape index (κ3) is 3.47. The van der Waals surface area contributed by atoms with Crippen LogP contribution in [0.3, 0.4) is 0 Å². The lowest BCUT2D eigenvalue weighted by Crippen LogP contribution is -2.07. The maximum Gasteiger partial charge on any atom is 0.0594 e. The molecule has 0 aliphatic heterocycles. The minimum atomic E-state index is 0.671. The molecule has 3 heteroatoms. The summed E-state index contributed by atoms with van der Waals surface area (Å²) in [6.45, 7) is 4.56. The van der Waals surface area contributed by atoms with Crippen molar-refractivity contribution in [3.05, 3.63) is 34.9 Å². The molecule has 1 N–H and O–H groups in total. The van der Waals surface area contributed by atoms with Crippen LogP contribution in [0.15, 0.2) is 29.4 Å². The molecule has 0 aliphatic rings. The van der Waals surface area contributed by atoms with Gasteiger partial charge >= 0.3 is 0 Å². The number of nitrogens with zero attached hydrogens (tertiary/aromatic N) is 1. The first-order valence-corrected chi connectivity index (χ1v) is 4.55. The van der Waals surface area contributed by atoms with Gasteiger partial charge in [-0.05, 0) is 25.5 Å². The van der Waals surface area contributed by atoms with Crippen LogP contribution in [-0.2, 0) is 6.54 Å². The Bertz CT molecular complexity index is 304. The molecule has 0 bridgehead atoms. The molecule has 0 aromatic heterocycles. The summed E-state index contributed by atoms with van der Waals surface area (Å²) in [6, 6.07) is 7.74. The zero-order valence-corrected chi connectivity index (χ0v) is 8.60. The first kappa shape index (κ1) is 10.1. The summed E-state index contributed by atoms with van der Waals surface area (Å²) < 4.78 is 0. The van der Waals surface area contributed by atoms with Crippen molar-refractivity contribution in [3.8, 4) is 0 Å². The SMILES string of the molecule is CC(C)=NNCc1ccccc1Cl. The molecule has 0 aliphatic carbocycles. The van der Waals surface area contributed by atoms with Crippen LogP contribution < -0.4 is 5.43 Å². The summed E-state index contributed by atoms with van der Waals surface area (Å²) in [5.41, 5.74) is 5.02. The van der Waals surface area contributed by atoms with Gasteiger partial charge in [0.15, 0.2) is 0 Å². The molecule has 0 saturated carbocycles. The summed E-state index contributed by atoms with van der Waals surface area (Å²) in [6.07, 6.45) is 0. The summed E-state index contributed by atoms with van der Waals surface area (Å²) in [5, 5.41) is 4.85. The standard InChI is InChI=1S/C10H13ClN2/c1-8(2)13-12-7-9-5-3-4-6-10(9)11/h3-6,12H,7H2,1-2H3. The van der Waals surface area contributed by atoms with E-state index in [4.69, 9.17) is 11.6 Å². The van der Waals surface area contributed by atoms with Crippen molar-refractivity contribution in [1.29, 1.82) is 0 Å². The third-order valence-corrected chi connectivity index (χ3v) is 1.90. The molecule has 1 rings (SSSR count). The minimum Gasteiger partial charge on any atom is -0.306 e. The second-order valence-electron chi connectivity index (χ2n) is 2.99. The van der Waals surface area contributed by atoms with Gasteiger partial charge in [0, 0.05) is 10.7 Å². The highest BCUT2D eigenvalue weighted by Gasteiger charge is 1.95. The number of hydrogen-bond donors (Lipinski definition) is 1. The highest BCUT2D eigenvalue weighted by atomic mass is 35.5. The second kappa shape index (κ2) is 4.87. The molecule has 0 spiro atoms. The molecule has 0 atom stereocenters. The van der Waals surface area contributed by atoms with Gasteiger partial charge < -0.3 is 5.43 Å². The largest absolute Gasteiger partial charge is 0.306 e. The van der Waals surface area contributed by atoms with E-state index in [1.165, 1.54) is 0 Å². The molecule has 1 aromatic rings. The highest BCUT2D eigenvalue weighted by molar-refractivity contribution is 6.31. The number of benzene rings is 1. The zero-order chi connectivity index (χ0) is 9.68. The Morgan fingerprint density at radius 3 is 2.69 bits per heavy atom. The predicted octanol–water partition coefficient (Wildman–Crippen LogP) is 2.83. The monoisotopic (exact) mass is 196 g/mol. The summed E-state index contributed by atoms with van der Waals surface area (Å²) >= 11 is 5.95. The minimum absolute atomic E-state index is 0.671. The Morgan fingerprint density at radius 2 is 2.08 bits per heavy atom. The Labute approximate surface area is 83.6 Å². The molecular formula is C10H13ClN2. The average Bonchev–Trinajstić information content (AvgIpc) is 2.08. The van der Waals surface area contributed by atoms with Gasteiger partial charge in [-0.3, -0.25) is 0 Å². The van der Waals surface area contributed by atoms with Crippen LogP contribution in [0, 0.1) is 0 Å². The van der Waals surface area contributed by atoms with Crippen LogP contribution >= 0.6 is 11.6 Å². The topological polar surface area (TPSA) is 24.4 Å². The zero-order valence-electron chi connectivity index (χ0n) is 7.84. The van der Waals surface area contributed by atoms with Crippen molar-refractivity contribution in [2.75, 3.05) is 0 Å². The lowest BCUT2D eigenvalue weighted by atomic mass is 10.2. The number of hydrazone groups is 1. The van der Waals surface area contributed by atoms with Gasteiger partial charge in [0.25, 0.3) is 0 Å². The first-order chi connectivity index (χ1) is 6.20. The maximum atomic E-state index is 5.95. The van der Waals surface area contributed by atoms with Gasteiger partial charge in [-0.15, -0.1) is 0 Å². The molecule has 13 heavy (non-hydrogen) atoms.